The standard InChI is InChI=1S/C22H24N2O3S2/c1-13(2)28-17-8-6-7-16(11-17)21(26)23-22-24(12-20(25)27-5)18-9-14(3)15(4)10-19(18)29-22/h6-11,13H,12H2,1-5H3. The highest BCUT2D eigenvalue weighted by molar-refractivity contribution is 7.99. The Hall–Kier alpha value is -2.38. The lowest BCUT2D eigenvalue weighted by Gasteiger charge is -2.06. The number of methoxy groups -OCH3 is 1. The summed E-state index contributed by atoms with van der Waals surface area (Å²) in [6.07, 6.45) is 0. The van der Waals surface area contributed by atoms with E-state index in [9.17, 15) is 9.59 Å². The summed E-state index contributed by atoms with van der Waals surface area (Å²) in [5.74, 6) is -0.707. The molecule has 0 saturated carbocycles. The molecule has 0 bridgehead atoms. The summed E-state index contributed by atoms with van der Waals surface area (Å²) < 4.78 is 7.57. The summed E-state index contributed by atoms with van der Waals surface area (Å²) in [4.78, 5) is 30.7. The van der Waals surface area contributed by atoms with Crippen LogP contribution in [0.1, 0.15) is 35.3 Å². The Balaban J connectivity index is 2.10. The van der Waals surface area contributed by atoms with Gasteiger partial charge in [-0.15, -0.1) is 11.8 Å². The average molecular weight is 429 g/mol. The minimum atomic E-state index is -0.382. The maximum absolute atomic E-state index is 12.9. The van der Waals surface area contributed by atoms with Crippen LogP contribution in [0.3, 0.4) is 0 Å². The first-order chi connectivity index (χ1) is 13.8. The predicted octanol–water partition coefficient (Wildman–Crippen LogP) is 4.73. The van der Waals surface area contributed by atoms with Crippen molar-refractivity contribution in [3.05, 3.63) is 57.9 Å². The Labute approximate surface area is 178 Å². The molecule has 3 rings (SSSR count). The number of hydrogen-bond donors (Lipinski definition) is 0. The van der Waals surface area contributed by atoms with Gasteiger partial charge < -0.3 is 9.30 Å². The van der Waals surface area contributed by atoms with Crippen LogP contribution in [0.4, 0.5) is 0 Å². The van der Waals surface area contributed by atoms with E-state index in [2.05, 4.69) is 24.9 Å². The largest absolute Gasteiger partial charge is 0.468 e. The summed E-state index contributed by atoms with van der Waals surface area (Å²) in [6, 6.07) is 11.6. The molecular weight excluding hydrogens is 404 g/mol. The van der Waals surface area contributed by atoms with Gasteiger partial charge in [0.15, 0.2) is 4.80 Å². The molecule has 0 radical (unpaired) electrons. The van der Waals surface area contributed by atoms with Crippen molar-refractivity contribution in [2.45, 2.75) is 44.4 Å². The number of fused-ring (bicyclic) bond motifs is 1. The maximum Gasteiger partial charge on any atom is 0.325 e. The first kappa shape index (κ1) is 21.3. The third-order valence-electron chi connectivity index (χ3n) is 4.46. The number of aromatic nitrogens is 1. The van der Waals surface area contributed by atoms with Gasteiger partial charge in [-0.3, -0.25) is 9.59 Å². The number of carbonyl (C=O) groups is 2. The summed E-state index contributed by atoms with van der Waals surface area (Å²) in [5, 5.41) is 0.425. The SMILES string of the molecule is COC(=O)Cn1c(=NC(=O)c2cccc(SC(C)C)c2)sc2cc(C)c(C)cc21. The van der Waals surface area contributed by atoms with Gasteiger partial charge in [-0.25, -0.2) is 0 Å². The number of aryl methyl sites for hydroxylation is 2. The van der Waals surface area contributed by atoms with Crippen molar-refractivity contribution < 1.29 is 14.3 Å². The summed E-state index contributed by atoms with van der Waals surface area (Å²) in [5.41, 5.74) is 3.68. The van der Waals surface area contributed by atoms with Gasteiger partial charge in [-0.1, -0.05) is 31.3 Å². The van der Waals surface area contributed by atoms with Crippen LogP contribution in [-0.2, 0) is 16.1 Å². The van der Waals surface area contributed by atoms with Gasteiger partial charge in [-0.05, 0) is 55.3 Å². The molecule has 29 heavy (non-hydrogen) atoms. The molecule has 1 amide bonds. The van der Waals surface area contributed by atoms with E-state index in [-0.39, 0.29) is 18.4 Å². The Morgan fingerprint density at radius 1 is 1.17 bits per heavy atom. The van der Waals surface area contributed by atoms with E-state index in [1.165, 1.54) is 18.4 Å². The number of benzene rings is 2. The number of esters is 1. The van der Waals surface area contributed by atoms with Crippen LogP contribution in [0.25, 0.3) is 10.2 Å². The van der Waals surface area contributed by atoms with Crippen molar-refractivity contribution in [2.24, 2.45) is 4.99 Å². The molecule has 0 fully saturated rings. The Morgan fingerprint density at radius 3 is 2.59 bits per heavy atom. The Morgan fingerprint density at radius 2 is 1.90 bits per heavy atom. The summed E-state index contributed by atoms with van der Waals surface area (Å²) in [6.45, 7) is 8.29. The number of carbonyl (C=O) groups excluding carboxylic acids is 2. The van der Waals surface area contributed by atoms with Crippen molar-refractivity contribution in [1.82, 2.24) is 4.57 Å². The minimum Gasteiger partial charge on any atom is -0.468 e. The van der Waals surface area contributed by atoms with Crippen LogP contribution >= 0.6 is 23.1 Å². The lowest BCUT2D eigenvalue weighted by molar-refractivity contribution is -0.141. The molecule has 0 spiro atoms. The minimum absolute atomic E-state index is 0.00829. The van der Waals surface area contributed by atoms with Crippen LogP contribution in [0.2, 0.25) is 0 Å². The van der Waals surface area contributed by atoms with Crippen LogP contribution < -0.4 is 4.80 Å². The number of rotatable bonds is 5. The van der Waals surface area contributed by atoms with E-state index in [4.69, 9.17) is 4.74 Å². The Bertz CT molecular complexity index is 1140. The van der Waals surface area contributed by atoms with Crippen molar-refractivity contribution in [3.8, 4) is 0 Å². The zero-order valence-electron chi connectivity index (χ0n) is 17.2. The number of ether oxygens (including phenoxy) is 1. The maximum atomic E-state index is 12.9. The molecule has 0 aliphatic carbocycles. The molecule has 3 aromatic rings. The molecule has 5 nitrogen and oxygen atoms in total. The van der Waals surface area contributed by atoms with Crippen LogP contribution in [0, 0.1) is 13.8 Å². The van der Waals surface area contributed by atoms with Crippen LogP contribution in [0.15, 0.2) is 46.3 Å². The summed E-state index contributed by atoms with van der Waals surface area (Å²) in [7, 11) is 1.35. The third-order valence-corrected chi connectivity index (χ3v) is 6.50. The highest BCUT2D eigenvalue weighted by atomic mass is 32.2. The van der Waals surface area contributed by atoms with Gasteiger partial charge in [0.2, 0.25) is 0 Å². The molecule has 0 N–H and O–H groups in total. The van der Waals surface area contributed by atoms with Gasteiger partial charge in [0.25, 0.3) is 5.91 Å². The van der Waals surface area contributed by atoms with Crippen molar-refractivity contribution in [3.63, 3.8) is 0 Å². The molecule has 0 atom stereocenters. The molecule has 0 aliphatic rings. The second-order valence-electron chi connectivity index (χ2n) is 7.06. The molecule has 2 aromatic carbocycles. The number of nitrogens with zero attached hydrogens (tertiary/aromatic N) is 2. The highest BCUT2D eigenvalue weighted by Gasteiger charge is 2.14. The number of thioether (sulfide) groups is 1. The molecule has 0 unspecified atom stereocenters. The van der Waals surface area contributed by atoms with E-state index >= 15 is 0 Å². The smallest absolute Gasteiger partial charge is 0.325 e. The van der Waals surface area contributed by atoms with E-state index in [0.717, 1.165) is 26.2 Å². The third kappa shape index (κ3) is 4.97. The zero-order valence-corrected chi connectivity index (χ0v) is 18.8. The van der Waals surface area contributed by atoms with Crippen molar-refractivity contribution in [1.29, 1.82) is 0 Å². The molecular formula is C22H24N2O3S2. The monoisotopic (exact) mass is 428 g/mol. The van der Waals surface area contributed by atoms with Gasteiger partial charge in [0.1, 0.15) is 6.54 Å². The molecule has 0 saturated heterocycles. The van der Waals surface area contributed by atoms with Crippen LogP contribution in [-0.4, -0.2) is 28.8 Å². The quantitative estimate of drug-likeness (QED) is 0.435. The zero-order chi connectivity index (χ0) is 21.1. The topological polar surface area (TPSA) is 60.7 Å². The molecule has 1 aromatic heterocycles. The molecule has 7 heteroatoms. The van der Waals surface area contributed by atoms with E-state index in [1.807, 2.05) is 38.1 Å². The Kier molecular flexibility index (Phi) is 6.59. The lowest BCUT2D eigenvalue weighted by Crippen LogP contribution is -2.22. The number of thiazole rings is 1. The van der Waals surface area contributed by atoms with Crippen molar-refractivity contribution in [2.75, 3.05) is 7.11 Å². The fourth-order valence-corrected chi connectivity index (χ4v) is 4.88. The fraction of sp³-hybridized carbons (Fsp3) is 0.318. The van der Waals surface area contributed by atoms with E-state index in [0.29, 0.717) is 15.6 Å². The second kappa shape index (κ2) is 8.97. The number of hydrogen-bond acceptors (Lipinski definition) is 5. The van der Waals surface area contributed by atoms with E-state index < -0.39 is 0 Å². The lowest BCUT2D eigenvalue weighted by atomic mass is 10.1. The van der Waals surface area contributed by atoms with E-state index in [1.54, 1.807) is 22.4 Å². The van der Waals surface area contributed by atoms with Gasteiger partial charge in [0, 0.05) is 15.7 Å². The fourth-order valence-electron chi connectivity index (χ4n) is 2.88. The highest BCUT2D eigenvalue weighted by Crippen LogP contribution is 2.24. The first-order valence-electron chi connectivity index (χ1n) is 9.31. The first-order valence-corrected chi connectivity index (χ1v) is 11.0. The average Bonchev–Trinajstić information content (AvgIpc) is 2.97. The second-order valence-corrected chi connectivity index (χ2v) is 9.72. The van der Waals surface area contributed by atoms with Crippen molar-refractivity contribution >= 4 is 45.2 Å². The molecule has 152 valence electrons. The molecule has 1 heterocycles. The number of amides is 1. The van der Waals surface area contributed by atoms with Gasteiger partial charge >= 0.3 is 5.97 Å². The van der Waals surface area contributed by atoms with Gasteiger partial charge in [-0.2, -0.15) is 4.99 Å². The van der Waals surface area contributed by atoms with Gasteiger partial charge in [0.05, 0.1) is 17.3 Å². The summed E-state index contributed by atoms with van der Waals surface area (Å²) >= 11 is 3.10. The van der Waals surface area contributed by atoms with Crippen LogP contribution in [0.5, 0.6) is 0 Å². The molecule has 0 aliphatic heterocycles. The predicted molar refractivity (Wildman–Crippen MR) is 119 cm³/mol. The normalized spacial score (nSPS) is 12.0.